The molecule has 0 radical (unpaired) electrons. The number of aliphatic hydroxyl groups is 1. The van der Waals surface area contributed by atoms with E-state index in [1.165, 1.54) is 0 Å². The number of benzene rings is 1. The number of aliphatic hydroxyl groups excluding tert-OH is 1. The Morgan fingerprint density at radius 3 is 2.90 bits per heavy atom. The van der Waals surface area contributed by atoms with Crippen LogP contribution in [0.3, 0.4) is 0 Å². The van der Waals surface area contributed by atoms with Crippen molar-refractivity contribution in [3.05, 3.63) is 29.3 Å². The number of anilines is 1. The van der Waals surface area contributed by atoms with Crippen LogP contribution in [0.1, 0.15) is 31.1 Å². The fourth-order valence-corrected chi connectivity index (χ4v) is 2.68. The number of fused-ring (bicyclic) bond motifs is 1. The Bertz CT molecular complexity index is 535. The maximum absolute atomic E-state index is 11.9. The molecule has 2 atom stereocenters. The molecule has 5 heteroatoms. The van der Waals surface area contributed by atoms with Crippen molar-refractivity contribution in [3.8, 4) is 0 Å². The van der Waals surface area contributed by atoms with Crippen LogP contribution >= 0.6 is 0 Å². The summed E-state index contributed by atoms with van der Waals surface area (Å²) in [6, 6.07) is 5.54. The van der Waals surface area contributed by atoms with Gasteiger partial charge in [-0.15, -0.1) is 0 Å². The van der Waals surface area contributed by atoms with Gasteiger partial charge >= 0.3 is 0 Å². The monoisotopic (exact) mass is 277 g/mol. The highest BCUT2D eigenvalue weighted by molar-refractivity contribution is 6.05. The lowest BCUT2D eigenvalue weighted by molar-refractivity contribution is -0.133. The lowest BCUT2D eigenvalue weighted by Gasteiger charge is -2.28. The van der Waals surface area contributed by atoms with Gasteiger partial charge in [-0.1, -0.05) is 6.07 Å². The van der Waals surface area contributed by atoms with Gasteiger partial charge in [0.2, 0.25) is 5.91 Å². The zero-order valence-corrected chi connectivity index (χ0v) is 11.7. The summed E-state index contributed by atoms with van der Waals surface area (Å²) in [6.45, 7) is 5.21. The van der Waals surface area contributed by atoms with Crippen molar-refractivity contribution in [3.63, 3.8) is 0 Å². The third-order valence-electron chi connectivity index (χ3n) is 4.07. The number of amides is 1. The Morgan fingerprint density at radius 1 is 1.40 bits per heavy atom. The first-order chi connectivity index (χ1) is 9.50. The molecule has 0 saturated carbocycles. The lowest BCUT2D eigenvalue weighted by Crippen LogP contribution is -2.34. The normalized spacial score (nSPS) is 25.9. The maximum atomic E-state index is 11.9. The Labute approximate surface area is 117 Å². The summed E-state index contributed by atoms with van der Waals surface area (Å²) in [5.74, 6) is -0.0172. The van der Waals surface area contributed by atoms with Crippen LogP contribution in [0.25, 0.3) is 0 Å². The second kappa shape index (κ2) is 4.84. The number of nitrogens with one attached hydrogen (secondary N) is 1. The highest BCUT2D eigenvalue weighted by Crippen LogP contribution is 2.39. The topological polar surface area (TPSA) is 67.8 Å². The van der Waals surface area contributed by atoms with Crippen LogP contribution in [0.2, 0.25) is 0 Å². The minimum Gasteiger partial charge on any atom is -0.386 e. The third-order valence-corrected chi connectivity index (χ3v) is 4.07. The Kier molecular flexibility index (Phi) is 3.28. The van der Waals surface area contributed by atoms with Gasteiger partial charge in [0.25, 0.3) is 0 Å². The van der Waals surface area contributed by atoms with Crippen molar-refractivity contribution in [2.24, 2.45) is 0 Å². The van der Waals surface area contributed by atoms with Crippen LogP contribution in [0.4, 0.5) is 5.69 Å². The van der Waals surface area contributed by atoms with Gasteiger partial charge < -0.3 is 19.9 Å². The maximum Gasteiger partial charge on any atom is 0.234 e. The molecule has 1 aromatic carbocycles. The summed E-state index contributed by atoms with van der Waals surface area (Å²) in [7, 11) is 0. The van der Waals surface area contributed by atoms with E-state index in [9.17, 15) is 9.90 Å². The zero-order chi connectivity index (χ0) is 14.3. The minimum atomic E-state index is -0.743. The molecule has 2 heterocycles. The van der Waals surface area contributed by atoms with Crippen molar-refractivity contribution >= 4 is 11.6 Å². The van der Waals surface area contributed by atoms with Gasteiger partial charge in [0.05, 0.1) is 25.2 Å². The number of hydrogen-bond acceptors (Lipinski definition) is 4. The molecule has 1 amide bonds. The standard InChI is InChI=1S/C15H19NO4/c1-15(2)10-7-9(3-4-11(10)16-14(15)18)13(17)12-8-19-5-6-20-12/h3-4,7,12-13,17H,5-6,8H2,1-2H3,(H,16,18). The zero-order valence-electron chi connectivity index (χ0n) is 11.7. The summed E-state index contributed by atoms with van der Waals surface area (Å²) in [5.41, 5.74) is 1.91. The second-order valence-corrected chi connectivity index (χ2v) is 5.81. The van der Waals surface area contributed by atoms with Gasteiger partial charge in [-0.25, -0.2) is 0 Å². The average Bonchev–Trinajstić information content (AvgIpc) is 2.69. The Hall–Kier alpha value is -1.43. The predicted molar refractivity (Wildman–Crippen MR) is 73.6 cm³/mol. The van der Waals surface area contributed by atoms with Gasteiger partial charge in [0.15, 0.2) is 0 Å². The van der Waals surface area contributed by atoms with E-state index < -0.39 is 11.5 Å². The van der Waals surface area contributed by atoms with E-state index >= 15 is 0 Å². The summed E-state index contributed by atoms with van der Waals surface area (Å²) in [5, 5.41) is 13.3. The molecule has 1 aromatic rings. The molecule has 2 aliphatic heterocycles. The van der Waals surface area contributed by atoms with Crippen LogP contribution in [0.5, 0.6) is 0 Å². The quantitative estimate of drug-likeness (QED) is 0.856. The van der Waals surface area contributed by atoms with E-state index in [4.69, 9.17) is 9.47 Å². The second-order valence-electron chi connectivity index (χ2n) is 5.81. The molecular weight excluding hydrogens is 258 g/mol. The van der Waals surface area contributed by atoms with E-state index in [2.05, 4.69) is 5.32 Å². The molecule has 2 N–H and O–H groups in total. The number of hydrogen-bond donors (Lipinski definition) is 2. The Morgan fingerprint density at radius 2 is 2.20 bits per heavy atom. The van der Waals surface area contributed by atoms with Crippen molar-refractivity contribution in [2.75, 3.05) is 25.1 Å². The molecular formula is C15H19NO4. The molecule has 1 fully saturated rings. The molecule has 5 nitrogen and oxygen atoms in total. The van der Waals surface area contributed by atoms with E-state index in [0.717, 1.165) is 16.8 Å². The Balaban J connectivity index is 1.89. The number of carbonyl (C=O) groups excluding carboxylic acids is 1. The third kappa shape index (κ3) is 2.12. The van der Waals surface area contributed by atoms with Gasteiger partial charge in [-0.3, -0.25) is 4.79 Å². The fourth-order valence-electron chi connectivity index (χ4n) is 2.68. The molecule has 108 valence electrons. The SMILES string of the molecule is CC1(C)C(=O)Nc2ccc(C(O)C3COCCO3)cc21. The molecule has 3 rings (SSSR count). The van der Waals surface area contributed by atoms with Gasteiger partial charge in [0, 0.05) is 5.69 Å². The van der Waals surface area contributed by atoms with E-state index in [1.807, 2.05) is 32.0 Å². The van der Waals surface area contributed by atoms with E-state index in [-0.39, 0.29) is 12.0 Å². The molecule has 0 aromatic heterocycles. The highest BCUT2D eigenvalue weighted by atomic mass is 16.6. The fraction of sp³-hybridized carbons (Fsp3) is 0.533. The molecule has 2 unspecified atom stereocenters. The van der Waals surface area contributed by atoms with Crippen LogP contribution in [-0.2, 0) is 19.7 Å². The summed E-state index contributed by atoms with van der Waals surface area (Å²) >= 11 is 0. The summed E-state index contributed by atoms with van der Waals surface area (Å²) in [6.07, 6.45) is -1.10. The molecule has 1 saturated heterocycles. The first-order valence-corrected chi connectivity index (χ1v) is 6.83. The van der Waals surface area contributed by atoms with Crippen LogP contribution in [-0.4, -0.2) is 36.9 Å². The van der Waals surface area contributed by atoms with Crippen molar-refractivity contribution in [1.29, 1.82) is 0 Å². The molecule has 0 spiro atoms. The van der Waals surface area contributed by atoms with Gasteiger partial charge in [-0.2, -0.15) is 0 Å². The summed E-state index contributed by atoms with van der Waals surface area (Å²) < 4.78 is 10.9. The molecule has 20 heavy (non-hydrogen) atoms. The van der Waals surface area contributed by atoms with Crippen molar-refractivity contribution < 1.29 is 19.4 Å². The average molecular weight is 277 g/mol. The van der Waals surface area contributed by atoms with E-state index in [0.29, 0.717) is 19.8 Å². The number of ether oxygens (including phenoxy) is 2. The van der Waals surface area contributed by atoms with Crippen molar-refractivity contribution in [2.45, 2.75) is 31.5 Å². The van der Waals surface area contributed by atoms with Crippen LogP contribution in [0.15, 0.2) is 18.2 Å². The first kappa shape index (κ1) is 13.5. The van der Waals surface area contributed by atoms with Crippen LogP contribution in [0, 0.1) is 0 Å². The van der Waals surface area contributed by atoms with Gasteiger partial charge in [-0.05, 0) is 37.1 Å². The number of rotatable bonds is 2. The highest BCUT2D eigenvalue weighted by Gasteiger charge is 2.39. The largest absolute Gasteiger partial charge is 0.386 e. The van der Waals surface area contributed by atoms with E-state index in [1.54, 1.807) is 0 Å². The van der Waals surface area contributed by atoms with Gasteiger partial charge in [0.1, 0.15) is 12.2 Å². The molecule has 2 aliphatic rings. The lowest BCUT2D eigenvalue weighted by atomic mass is 9.84. The predicted octanol–water partition coefficient (Wildman–Crippen LogP) is 1.37. The first-order valence-electron chi connectivity index (χ1n) is 6.83. The summed E-state index contributed by atoms with van der Waals surface area (Å²) in [4.78, 5) is 11.9. The minimum absolute atomic E-state index is 0.0172. The smallest absolute Gasteiger partial charge is 0.234 e. The van der Waals surface area contributed by atoms with Crippen molar-refractivity contribution in [1.82, 2.24) is 0 Å². The van der Waals surface area contributed by atoms with Crippen LogP contribution < -0.4 is 5.32 Å². The molecule has 0 bridgehead atoms. The number of carbonyl (C=O) groups is 1. The molecule has 0 aliphatic carbocycles.